The van der Waals surface area contributed by atoms with E-state index < -0.39 is 0 Å². The molecule has 1 aliphatic rings. The number of rotatable bonds is 5. The van der Waals surface area contributed by atoms with Gasteiger partial charge in [-0.1, -0.05) is 11.8 Å². The molecule has 0 radical (unpaired) electrons. The summed E-state index contributed by atoms with van der Waals surface area (Å²) in [6, 6.07) is 2.07. The standard InChI is InChI=1S/C16H21N5OS/c1-12-9-14(20-16(19-12)23-2)21-7-3-13(4-8-21)11-22-15-10-17-5-6-18-15/h5-6,9-10,13H,3-4,7-8,11H2,1-2H3. The number of aryl methyl sites for hydroxylation is 1. The monoisotopic (exact) mass is 331 g/mol. The average Bonchev–Trinajstić information content (AvgIpc) is 2.60. The Morgan fingerprint density at radius 1 is 1.26 bits per heavy atom. The molecule has 1 aliphatic heterocycles. The summed E-state index contributed by atoms with van der Waals surface area (Å²) in [6.07, 6.45) is 9.16. The van der Waals surface area contributed by atoms with Crippen LogP contribution in [0.1, 0.15) is 18.5 Å². The van der Waals surface area contributed by atoms with E-state index in [0.717, 1.165) is 42.6 Å². The molecule has 0 N–H and O–H groups in total. The van der Waals surface area contributed by atoms with E-state index in [0.29, 0.717) is 18.4 Å². The Morgan fingerprint density at radius 3 is 2.78 bits per heavy atom. The summed E-state index contributed by atoms with van der Waals surface area (Å²) in [6.45, 7) is 4.72. The number of ether oxygens (including phenoxy) is 1. The Bertz CT molecular complexity index is 632. The maximum Gasteiger partial charge on any atom is 0.232 e. The van der Waals surface area contributed by atoms with Crippen molar-refractivity contribution in [3.05, 3.63) is 30.4 Å². The second-order valence-electron chi connectivity index (χ2n) is 5.64. The second kappa shape index (κ2) is 7.59. The lowest BCUT2D eigenvalue weighted by Crippen LogP contribution is -2.36. The molecule has 6 nitrogen and oxygen atoms in total. The SMILES string of the molecule is CSc1nc(C)cc(N2CCC(COc3cnccn3)CC2)n1. The van der Waals surface area contributed by atoms with Crippen molar-refractivity contribution in [2.75, 3.05) is 30.9 Å². The lowest BCUT2D eigenvalue weighted by molar-refractivity contribution is 0.215. The number of thioether (sulfide) groups is 1. The quantitative estimate of drug-likeness (QED) is 0.616. The summed E-state index contributed by atoms with van der Waals surface area (Å²) < 4.78 is 5.72. The minimum absolute atomic E-state index is 0.552. The number of hydrogen-bond donors (Lipinski definition) is 0. The zero-order chi connectivity index (χ0) is 16.1. The van der Waals surface area contributed by atoms with E-state index in [1.807, 2.05) is 13.2 Å². The highest BCUT2D eigenvalue weighted by atomic mass is 32.2. The van der Waals surface area contributed by atoms with Gasteiger partial charge in [-0.05, 0) is 31.9 Å². The highest BCUT2D eigenvalue weighted by Crippen LogP contribution is 2.24. The van der Waals surface area contributed by atoms with Crippen LogP contribution in [-0.4, -0.2) is 45.9 Å². The van der Waals surface area contributed by atoms with Gasteiger partial charge in [0.1, 0.15) is 5.82 Å². The summed E-state index contributed by atoms with van der Waals surface area (Å²) in [4.78, 5) is 19.5. The predicted octanol–water partition coefficient (Wildman–Crippen LogP) is 2.59. The smallest absolute Gasteiger partial charge is 0.232 e. The van der Waals surface area contributed by atoms with E-state index in [1.54, 1.807) is 30.4 Å². The largest absolute Gasteiger partial charge is 0.476 e. The van der Waals surface area contributed by atoms with Gasteiger partial charge in [0.2, 0.25) is 5.88 Å². The fourth-order valence-corrected chi connectivity index (χ4v) is 3.09. The minimum atomic E-state index is 0.552. The predicted molar refractivity (Wildman–Crippen MR) is 91.0 cm³/mol. The van der Waals surface area contributed by atoms with Crippen molar-refractivity contribution in [1.29, 1.82) is 0 Å². The number of anilines is 1. The van der Waals surface area contributed by atoms with Crippen LogP contribution in [0.5, 0.6) is 5.88 Å². The zero-order valence-corrected chi connectivity index (χ0v) is 14.3. The molecular weight excluding hydrogens is 310 g/mol. The van der Waals surface area contributed by atoms with Crippen LogP contribution in [0, 0.1) is 12.8 Å². The Balaban J connectivity index is 1.53. The van der Waals surface area contributed by atoms with Gasteiger partial charge in [-0.15, -0.1) is 0 Å². The number of aromatic nitrogens is 4. The Hall–Kier alpha value is -1.89. The van der Waals surface area contributed by atoms with E-state index in [2.05, 4.69) is 30.9 Å². The van der Waals surface area contributed by atoms with Gasteiger partial charge >= 0.3 is 0 Å². The van der Waals surface area contributed by atoms with E-state index in [1.165, 1.54) is 0 Å². The fraction of sp³-hybridized carbons (Fsp3) is 0.500. The van der Waals surface area contributed by atoms with Crippen LogP contribution in [0.25, 0.3) is 0 Å². The first-order valence-electron chi connectivity index (χ1n) is 7.78. The lowest BCUT2D eigenvalue weighted by atomic mass is 9.98. The molecule has 2 aromatic heterocycles. The Morgan fingerprint density at radius 2 is 2.09 bits per heavy atom. The molecule has 0 bridgehead atoms. The molecule has 3 heterocycles. The van der Waals surface area contributed by atoms with Gasteiger partial charge < -0.3 is 9.64 Å². The summed E-state index contributed by atoms with van der Waals surface area (Å²) in [5, 5.41) is 0.841. The molecule has 1 saturated heterocycles. The molecule has 0 spiro atoms. The first kappa shape index (κ1) is 16.0. The molecule has 7 heteroatoms. The Labute approximate surface area is 140 Å². The molecule has 0 aromatic carbocycles. The van der Waals surface area contributed by atoms with Gasteiger partial charge in [0.15, 0.2) is 5.16 Å². The lowest BCUT2D eigenvalue weighted by Gasteiger charge is -2.32. The van der Waals surface area contributed by atoms with Crippen LogP contribution in [0.3, 0.4) is 0 Å². The summed E-state index contributed by atoms with van der Waals surface area (Å²) in [5.74, 6) is 2.19. The minimum Gasteiger partial charge on any atom is -0.476 e. The van der Waals surface area contributed by atoms with Crippen molar-refractivity contribution < 1.29 is 4.74 Å². The number of hydrogen-bond acceptors (Lipinski definition) is 7. The van der Waals surface area contributed by atoms with Crippen molar-refractivity contribution >= 4 is 17.6 Å². The summed E-state index contributed by atoms with van der Waals surface area (Å²) >= 11 is 1.59. The third-order valence-electron chi connectivity index (χ3n) is 3.95. The van der Waals surface area contributed by atoms with E-state index in [-0.39, 0.29) is 0 Å². The van der Waals surface area contributed by atoms with E-state index in [4.69, 9.17) is 4.74 Å². The second-order valence-corrected chi connectivity index (χ2v) is 6.41. The van der Waals surface area contributed by atoms with Gasteiger partial charge in [-0.2, -0.15) is 0 Å². The Kier molecular flexibility index (Phi) is 5.27. The maximum atomic E-state index is 5.72. The van der Waals surface area contributed by atoms with Gasteiger partial charge in [0.05, 0.1) is 12.8 Å². The van der Waals surface area contributed by atoms with Gasteiger partial charge in [-0.25, -0.2) is 15.0 Å². The van der Waals surface area contributed by atoms with Crippen LogP contribution in [0.4, 0.5) is 5.82 Å². The van der Waals surface area contributed by atoms with Gasteiger partial charge in [-0.3, -0.25) is 4.98 Å². The summed E-state index contributed by atoms with van der Waals surface area (Å²) in [7, 11) is 0. The molecule has 0 amide bonds. The number of nitrogens with zero attached hydrogens (tertiary/aromatic N) is 5. The van der Waals surface area contributed by atoms with Crippen molar-refractivity contribution in [3.8, 4) is 5.88 Å². The van der Waals surface area contributed by atoms with Crippen LogP contribution >= 0.6 is 11.8 Å². The van der Waals surface area contributed by atoms with E-state index >= 15 is 0 Å². The van der Waals surface area contributed by atoms with Crippen LogP contribution < -0.4 is 9.64 Å². The molecule has 2 aromatic rings. The highest BCUT2D eigenvalue weighted by molar-refractivity contribution is 7.98. The molecule has 122 valence electrons. The van der Waals surface area contributed by atoms with Crippen molar-refractivity contribution in [2.24, 2.45) is 5.92 Å². The number of piperidine rings is 1. The third-order valence-corrected chi connectivity index (χ3v) is 4.50. The first-order valence-corrected chi connectivity index (χ1v) is 9.00. The van der Waals surface area contributed by atoms with Crippen LogP contribution in [0.15, 0.2) is 29.8 Å². The normalized spacial score (nSPS) is 15.7. The van der Waals surface area contributed by atoms with Crippen molar-refractivity contribution in [2.45, 2.75) is 24.9 Å². The average molecular weight is 331 g/mol. The van der Waals surface area contributed by atoms with Crippen LogP contribution in [0.2, 0.25) is 0 Å². The molecule has 0 aliphatic carbocycles. The summed E-state index contributed by atoms with van der Waals surface area (Å²) in [5.41, 5.74) is 1.02. The first-order chi connectivity index (χ1) is 11.2. The molecule has 0 unspecified atom stereocenters. The van der Waals surface area contributed by atoms with Crippen molar-refractivity contribution in [1.82, 2.24) is 19.9 Å². The molecule has 23 heavy (non-hydrogen) atoms. The third kappa shape index (κ3) is 4.31. The van der Waals surface area contributed by atoms with Gasteiger partial charge in [0.25, 0.3) is 0 Å². The van der Waals surface area contributed by atoms with E-state index in [9.17, 15) is 0 Å². The van der Waals surface area contributed by atoms with Crippen LogP contribution in [-0.2, 0) is 0 Å². The zero-order valence-electron chi connectivity index (χ0n) is 13.5. The molecule has 0 saturated carbocycles. The molecule has 0 atom stereocenters. The fourth-order valence-electron chi connectivity index (χ4n) is 2.67. The van der Waals surface area contributed by atoms with Crippen molar-refractivity contribution in [3.63, 3.8) is 0 Å². The highest BCUT2D eigenvalue weighted by Gasteiger charge is 2.21. The molecule has 3 rings (SSSR count). The molecule has 1 fully saturated rings. The molecular formula is C16H21N5OS. The maximum absolute atomic E-state index is 5.72. The topological polar surface area (TPSA) is 64.0 Å². The van der Waals surface area contributed by atoms with Gasteiger partial charge in [0, 0.05) is 37.2 Å².